The van der Waals surface area contributed by atoms with E-state index in [0.717, 1.165) is 25.7 Å². The van der Waals surface area contributed by atoms with E-state index in [2.05, 4.69) is 20.1 Å². The molecule has 8 heteroatoms. The van der Waals surface area contributed by atoms with Gasteiger partial charge < -0.3 is 19.6 Å². The molecular weight excluding hydrogens is 416 g/mol. The van der Waals surface area contributed by atoms with Gasteiger partial charge in [-0.25, -0.2) is 0 Å². The number of rotatable bonds is 12. The van der Waals surface area contributed by atoms with E-state index in [4.69, 9.17) is 4.74 Å². The second kappa shape index (κ2) is 10.2. The Hall–Kier alpha value is -1.80. The lowest BCUT2D eigenvalue weighted by molar-refractivity contribution is -0.153. The Labute approximate surface area is 188 Å². The first-order valence-corrected chi connectivity index (χ1v) is 12.1. The van der Waals surface area contributed by atoms with Crippen LogP contribution in [-0.4, -0.2) is 81.6 Å². The van der Waals surface area contributed by atoms with Crippen molar-refractivity contribution in [3.63, 3.8) is 0 Å². The summed E-state index contributed by atoms with van der Waals surface area (Å²) in [6.07, 6.45) is 7.66. The van der Waals surface area contributed by atoms with Crippen molar-refractivity contribution in [3.05, 3.63) is 25.3 Å². The summed E-state index contributed by atoms with van der Waals surface area (Å²) in [6.45, 7) is 10.5. The first-order valence-electron chi connectivity index (χ1n) is 11.2. The van der Waals surface area contributed by atoms with Crippen LogP contribution in [0.5, 0.6) is 0 Å². The van der Waals surface area contributed by atoms with E-state index < -0.39 is 22.6 Å². The number of β-amino-alcohol motifs (C(OH)–C–C–N with tert-alkyl or cyclic N) is 1. The predicted molar refractivity (Wildman–Crippen MR) is 120 cm³/mol. The molecule has 31 heavy (non-hydrogen) atoms. The number of esters is 1. The van der Waals surface area contributed by atoms with Crippen molar-refractivity contribution < 1.29 is 24.2 Å². The van der Waals surface area contributed by atoms with Crippen LogP contribution in [0.25, 0.3) is 0 Å². The average molecular weight is 451 g/mol. The molecule has 0 saturated carbocycles. The normalized spacial score (nSPS) is 30.9. The summed E-state index contributed by atoms with van der Waals surface area (Å²) in [7, 11) is 0. The number of ether oxygens (including phenoxy) is 1. The zero-order valence-electron chi connectivity index (χ0n) is 18.3. The molecule has 0 aliphatic carbocycles. The van der Waals surface area contributed by atoms with Crippen molar-refractivity contribution in [3.8, 4) is 0 Å². The smallest absolute Gasteiger partial charge is 0.311 e. The molecule has 7 nitrogen and oxygen atoms in total. The lowest BCUT2D eigenvalue weighted by atomic mass is 9.71. The molecule has 1 spiro atoms. The van der Waals surface area contributed by atoms with Crippen molar-refractivity contribution in [1.82, 2.24) is 9.80 Å². The van der Waals surface area contributed by atoms with Crippen molar-refractivity contribution >= 4 is 29.5 Å². The first kappa shape index (κ1) is 23.9. The number of nitrogens with zero attached hydrogens (tertiary/aromatic N) is 2. The number of carbonyl (C=O) groups excluding carboxylic acids is 3. The molecule has 3 fully saturated rings. The largest absolute Gasteiger partial charge is 0.461 e. The predicted octanol–water partition coefficient (Wildman–Crippen LogP) is 2.00. The zero-order chi connectivity index (χ0) is 22.6. The second-order valence-corrected chi connectivity index (χ2v) is 10.1. The number of aliphatic hydroxyl groups excluding tert-OH is 1. The molecule has 3 aliphatic heterocycles. The van der Waals surface area contributed by atoms with Gasteiger partial charge in [-0.05, 0) is 19.3 Å². The molecule has 2 unspecified atom stereocenters. The summed E-state index contributed by atoms with van der Waals surface area (Å²) in [5, 5.41) is 9.61. The van der Waals surface area contributed by atoms with Gasteiger partial charge in [0.2, 0.25) is 11.8 Å². The summed E-state index contributed by atoms with van der Waals surface area (Å²) >= 11 is 1.61. The quantitative estimate of drug-likeness (QED) is 0.278. The van der Waals surface area contributed by atoms with Crippen molar-refractivity contribution in [2.45, 2.75) is 55.1 Å². The lowest BCUT2D eigenvalue weighted by Gasteiger charge is -2.37. The molecule has 2 amide bonds. The van der Waals surface area contributed by atoms with Crippen LogP contribution in [-0.2, 0) is 19.1 Å². The monoisotopic (exact) mass is 450 g/mol. The number of unbranched alkanes of at least 4 members (excludes halogenated alkanes) is 2. The van der Waals surface area contributed by atoms with Gasteiger partial charge in [0.05, 0.1) is 23.2 Å². The number of fused-ring (bicyclic) bond motifs is 1. The third-order valence-corrected chi connectivity index (χ3v) is 8.64. The Balaban J connectivity index is 1.93. The Kier molecular flexibility index (Phi) is 7.86. The standard InChI is InChI=1S/C23H34N2O5S/c1-4-7-8-12-24(11-5-2)21(28)19-23-10-9-16(31-23)17(22(29)30-15-6-3)18(23)20(27)25(19)13-14-26/h5-6,16-19,26H,2-4,7-15H2,1H3/t16-,17+,18-,19?,23?/m0/s1. The third-order valence-electron chi connectivity index (χ3n) is 6.68. The van der Waals surface area contributed by atoms with Crippen LogP contribution in [0.1, 0.15) is 39.0 Å². The van der Waals surface area contributed by atoms with Crippen LogP contribution in [0.3, 0.4) is 0 Å². The third kappa shape index (κ3) is 4.16. The second-order valence-electron chi connectivity index (χ2n) is 8.51. The van der Waals surface area contributed by atoms with Crippen LogP contribution in [0.15, 0.2) is 25.3 Å². The van der Waals surface area contributed by atoms with Crippen LogP contribution < -0.4 is 0 Å². The molecule has 3 heterocycles. The number of amides is 2. The lowest BCUT2D eigenvalue weighted by Crippen LogP contribution is -2.55. The average Bonchev–Trinajstić information content (AvgIpc) is 3.39. The fraction of sp³-hybridized carbons (Fsp3) is 0.696. The minimum absolute atomic E-state index is 0.0224. The van der Waals surface area contributed by atoms with Crippen LogP contribution >= 0.6 is 11.8 Å². The highest BCUT2D eigenvalue weighted by molar-refractivity contribution is 8.02. The molecule has 0 radical (unpaired) electrons. The Bertz CT molecular complexity index is 729. The SMILES string of the molecule is C=CCOC(=O)[C@@H]1[C@@H]2CCC3(S2)C(C(=O)N(CC=C)CCCCC)N(CCO)C(=O)[C@H]13. The van der Waals surface area contributed by atoms with Gasteiger partial charge >= 0.3 is 5.97 Å². The molecule has 172 valence electrons. The highest BCUT2D eigenvalue weighted by atomic mass is 32.2. The van der Waals surface area contributed by atoms with Crippen LogP contribution in [0.4, 0.5) is 0 Å². The number of aliphatic hydroxyl groups is 1. The summed E-state index contributed by atoms with van der Waals surface area (Å²) in [4.78, 5) is 43.4. The Morgan fingerprint density at radius 1 is 1.35 bits per heavy atom. The van der Waals surface area contributed by atoms with Gasteiger partial charge in [-0.2, -0.15) is 0 Å². The van der Waals surface area contributed by atoms with Gasteiger partial charge in [-0.3, -0.25) is 14.4 Å². The Morgan fingerprint density at radius 2 is 2.13 bits per heavy atom. The van der Waals surface area contributed by atoms with Crippen molar-refractivity contribution in [1.29, 1.82) is 0 Å². The topological polar surface area (TPSA) is 87.2 Å². The molecule has 1 N–H and O–H groups in total. The van der Waals surface area contributed by atoms with Crippen LogP contribution in [0.2, 0.25) is 0 Å². The molecule has 0 aromatic heterocycles. The number of likely N-dealkylation sites (tertiary alicyclic amines) is 1. The highest BCUT2D eigenvalue weighted by Gasteiger charge is 2.74. The highest BCUT2D eigenvalue weighted by Crippen LogP contribution is 2.66. The minimum atomic E-state index is -0.675. The fourth-order valence-electron chi connectivity index (χ4n) is 5.46. The maximum absolute atomic E-state index is 13.8. The van der Waals surface area contributed by atoms with Gasteiger partial charge in [-0.15, -0.1) is 18.3 Å². The zero-order valence-corrected chi connectivity index (χ0v) is 19.1. The minimum Gasteiger partial charge on any atom is -0.461 e. The van der Waals surface area contributed by atoms with E-state index in [9.17, 15) is 19.5 Å². The van der Waals surface area contributed by atoms with E-state index in [1.807, 2.05) is 0 Å². The number of thioether (sulfide) groups is 1. The molecule has 3 saturated heterocycles. The van der Waals surface area contributed by atoms with Gasteiger partial charge in [-0.1, -0.05) is 38.5 Å². The van der Waals surface area contributed by atoms with E-state index in [1.165, 1.54) is 11.0 Å². The summed E-state index contributed by atoms with van der Waals surface area (Å²) in [5.74, 6) is -1.85. The molecular formula is C23H34N2O5S. The molecule has 3 aliphatic rings. The van der Waals surface area contributed by atoms with E-state index in [-0.39, 0.29) is 42.8 Å². The van der Waals surface area contributed by atoms with Gasteiger partial charge in [0.1, 0.15) is 12.6 Å². The van der Waals surface area contributed by atoms with Crippen molar-refractivity contribution in [2.75, 3.05) is 32.8 Å². The van der Waals surface area contributed by atoms with Crippen molar-refractivity contribution in [2.24, 2.45) is 11.8 Å². The molecule has 0 aromatic carbocycles. The molecule has 5 atom stereocenters. The van der Waals surface area contributed by atoms with E-state index in [1.54, 1.807) is 22.7 Å². The summed E-state index contributed by atoms with van der Waals surface area (Å²) in [5.41, 5.74) is 0. The number of hydrogen-bond donors (Lipinski definition) is 1. The Morgan fingerprint density at radius 3 is 2.77 bits per heavy atom. The van der Waals surface area contributed by atoms with Gasteiger partial charge in [0.25, 0.3) is 0 Å². The summed E-state index contributed by atoms with van der Waals surface area (Å²) in [6, 6.07) is -0.675. The maximum atomic E-state index is 13.8. The van der Waals surface area contributed by atoms with E-state index >= 15 is 0 Å². The molecule has 0 aromatic rings. The molecule has 2 bridgehead atoms. The first-order chi connectivity index (χ1) is 15.0. The molecule has 3 rings (SSSR count). The summed E-state index contributed by atoms with van der Waals surface area (Å²) < 4.78 is 4.68. The van der Waals surface area contributed by atoms with E-state index in [0.29, 0.717) is 19.5 Å². The van der Waals surface area contributed by atoms with Gasteiger partial charge in [0.15, 0.2) is 0 Å². The van der Waals surface area contributed by atoms with Gasteiger partial charge in [0, 0.05) is 24.9 Å². The number of carbonyl (C=O) groups is 3. The maximum Gasteiger partial charge on any atom is 0.311 e. The van der Waals surface area contributed by atoms with Crippen LogP contribution in [0, 0.1) is 11.8 Å². The fourth-order valence-corrected chi connectivity index (χ4v) is 7.66. The number of hydrogen-bond acceptors (Lipinski definition) is 6.